The smallest absolute Gasteiger partial charge is 0.246 e. The number of H-pyrrole nitrogens is 1. The van der Waals surface area contributed by atoms with E-state index in [4.69, 9.17) is 4.74 Å². The van der Waals surface area contributed by atoms with E-state index in [0.29, 0.717) is 17.5 Å². The van der Waals surface area contributed by atoms with Gasteiger partial charge in [0, 0.05) is 31.3 Å². The maximum atomic E-state index is 12.7. The van der Waals surface area contributed by atoms with Crippen molar-refractivity contribution in [2.24, 2.45) is 0 Å². The minimum absolute atomic E-state index is 0.00892. The van der Waals surface area contributed by atoms with Crippen LogP contribution < -0.4 is 4.74 Å². The first-order valence-corrected chi connectivity index (χ1v) is 9.15. The molecule has 2 aromatic heterocycles. The molecule has 0 bridgehead atoms. The highest BCUT2D eigenvalue weighted by molar-refractivity contribution is 5.96. The molecule has 1 N–H and O–H groups in total. The molecule has 0 aliphatic carbocycles. The van der Waals surface area contributed by atoms with Crippen LogP contribution in [0.3, 0.4) is 0 Å². The maximum absolute atomic E-state index is 12.7. The van der Waals surface area contributed by atoms with Crippen molar-refractivity contribution in [3.63, 3.8) is 0 Å². The van der Waals surface area contributed by atoms with Crippen molar-refractivity contribution in [3.8, 4) is 5.88 Å². The molecule has 6 heteroatoms. The summed E-state index contributed by atoms with van der Waals surface area (Å²) in [5, 5.41) is 8.01. The van der Waals surface area contributed by atoms with Gasteiger partial charge in [-0.3, -0.25) is 9.89 Å². The Morgan fingerprint density at radius 2 is 2.15 bits per heavy atom. The monoisotopic (exact) mass is 362 g/mol. The number of aromatic amines is 1. The minimum atomic E-state index is 0.00892. The lowest BCUT2D eigenvalue weighted by molar-refractivity contribution is -0.127. The van der Waals surface area contributed by atoms with Crippen LogP contribution in [0.4, 0.5) is 0 Å². The molecule has 1 saturated heterocycles. The molecule has 27 heavy (non-hydrogen) atoms. The van der Waals surface area contributed by atoms with E-state index in [1.807, 2.05) is 17.0 Å². The zero-order valence-electron chi connectivity index (χ0n) is 15.3. The van der Waals surface area contributed by atoms with E-state index in [9.17, 15) is 4.79 Å². The Morgan fingerprint density at radius 3 is 2.96 bits per heavy atom. The predicted octanol–water partition coefficient (Wildman–Crippen LogP) is 3.39. The fourth-order valence-electron chi connectivity index (χ4n) is 3.67. The van der Waals surface area contributed by atoms with E-state index >= 15 is 0 Å². The van der Waals surface area contributed by atoms with Gasteiger partial charge in [0.2, 0.25) is 11.8 Å². The van der Waals surface area contributed by atoms with E-state index in [-0.39, 0.29) is 5.91 Å². The summed E-state index contributed by atoms with van der Waals surface area (Å²) in [6.07, 6.45) is 7.12. The highest BCUT2D eigenvalue weighted by Crippen LogP contribution is 2.28. The first kappa shape index (κ1) is 17.3. The van der Waals surface area contributed by atoms with Crippen LogP contribution in [-0.4, -0.2) is 46.2 Å². The molecule has 1 aromatic carbocycles. The molecular formula is C21H22N4O2. The van der Waals surface area contributed by atoms with Crippen LogP contribution in [0.15, 0.2) is 48.7 Å². The third-order valence-electron chi connectivity index (χ3n) is 5.05. The number of aromatic nitrogens is 3. The summed E-state index contributed by atoms with van der Waals surface area (Å²) in [7, 11) is 1.57. The highest BCUT2D eigenvalue weighted by Gasteiger charge is 2.23. The zero-order valence-corrected chi connectivity index (χ0v) is 15.3. The number of ether oxygens (including phenoxy) is 1. The van der Waals surface area contributed by atoms with Gasteiger partial charge in [-0.2, -0.15) is 5.10 Å². The van der Waals surface area contributed by atoms with Gasteiger partial charge in [0.25, 0.3) is 0 Å². The molecule has 3 heterocycles. The number of nitrogens with one attached hydrogen (secondary N) is 1. The molecule has 1 atom stereocenters. The molecule has 0 saturated carbocycles. The van der Waals surface area contributed by atoms with Crippen molar-refractivity contribution in [3.05, 3.63) is 59.9 Å². The lowest BCUT2D eigenvalue weighted by Crippen LogP contribution is -2.38. The molecule has 3 aromatic rings. The van der Waals surface area contributed by atoms with Crippen LogP contribution in [0.1, 0.15) is 30.0 Å². The van der Waals surface area contributed by atoms with Gasteiger partial charge in [-0.15, -0.1) is 0 Å². The van der Waals surface area contributed by atoms with Crippen LogP contribution in [0.2, 0.25) is 0 Å². The highest BCUT2D eigenvalue weighted by atomic mass is 16.5. The second-order valence-electron chi connectivity index (χ2n) is 6.72. The summed E-state index contributed by atoms with van der Waals surface area (Å²) in [6, 6.07) is 12.3. The lowest BCUT2D eigenvalue weighted by atomic mass is 9.90. The Morgan fingerprint density at radius 1 is 1.30 bits per heavy atom. The number of hydrogen-bond acceptors (Lipinski definition) is 4. The first-order valence-electron chi connectivity index (χ1n) is 9.15. The summed E-state index contributed by atoms with van der Waals surface area (Å²) in [5.74, 6) is 0.901. The number of piperidine rings is 1. The van der Waals surface area contributed by atoms with Gasteiger partial charge in [-0.1, -0.05) is 30.3 Å². The number of carbonyl (C=O) groups is 1. The van der Waals surface area contributed by atoms with Gasteiger partial charge in [0.15, 0.2) is 0 Å². The number of nitrogens with zero attached hydrogens (tertiary/aromatic N) is 3. The topological polar surface area (TPSA) is 71.1 Å². The molecular weight excluding hydrogens is 340 g/mol. The minimum Gasteiger partial charge on any atom is -0.480 e. The predicted molar refractivity (Wildman–Crippen MR) is 104 cm³/mol. The van der Waals surface area contributed by atoms with Gasteiger partial charge in [0.05, 0.1) is 23.7 Å². The Balaban J connectivity index is 1.50. The number of rotatable bonds is 4. The van der Waals surface area contributed by atoms with Crippen LogP contribution in [-0.2, 0) is 4.79 Å². The van der Waals surface area contributed by atoms with E-state index in [0.717, 1.165) is 36.8 Å². The normalized spacial score (nSPS) is 17.5. The molecule has 1 aliphatic rings. The molecule has 6 nitrogen and oxygen atoms in total. The number of amides is 1. The van der Waals surface area contributed by atoms with E-state index in [1.165, 1.54) is 5.56 Å². The van der Waals surface area contributed by atoms with E-state index < -0.39 is 0 Å². The van der Waals surface area contributed by atoms with E-state index in [1.54, 1.807) is 25.5 Å². The fraction of sp³-hybridized carbons (Fsp3) is 0.286. The largest absolute Gasteiger partial charge is 0.480 e. The Hall–Kier alpha value is -3.15. The molecule has 138 valence electrons. The van der Waals surface area contributed by atoms with Crippen molar-refractivity contribution in [2.45, 2.75) is 18.8 Å². The number of fused-ring (bicyclic) bond motifs is 1. The van der Waals surface area contributed by atoms with Crippen molar-refractivity contribution in [1.82, 2.24) is 20.1 Å². The van der Waals surface area contributed by atoms with Crippen molar-refractivity contribution >= 4 is 22.9 Å². The van der Waals surface area contributed by atoms with Crippen molar-refractivity contribution < 1.29 is 9.53 Å². The Labute approximate surface area is 157 Å². The number of likely N-dealkylation sites (tertiary alicyclic amines) is 1. The average Bonchev–Trinajstić information content (AvgIpc) is 3.16. The van der Waals surface area contributed by atoms with Gasteiger partial charge in [-0.25, -0.2) is 4.98 Å². The van der Waals surface area contributed by atoms with Crippen molar-refractivity contribution in [2.75, 3.05) is 20.2 Å². The Bertz CT molecular complexity index is 965. The molecule has 4 rings (SSSR count). The molecule has 1 aliphatic heterocycles. The molecule has 1 unspecified atom stereocenters. The summed E-state index contributed by atoms with van der Waals surface area (Å²) >= 11 is 0. The van der Waals surface area contributed by atoms with Gasteiger partial charge >= 0.3 is 0 Å². The molecule has 0 spiro atoms. The van der Waals surface area contributed by atoms with Gasteiger partial charge < -0.3 is 9.64 Å². The standard InChI is InChI=1S/C21H22N4O2/c1-27-21-20-17(23-24-18(20)11-12-22-21)9-10-19(26)25-13-5-8-16(14-25)15-6-3-2-4-7-15/h2-4,6-7,9-12,16H,5,8,13-14H2,1H3,(H,23,24). The summed E-state index contributed by atoms with van der Waals surface area (Å²) in [5.41, 5.74) is 2.78. The van der Waals surface area contributed by atoms with Gasteiger partial charge in [-0.05, 0) is 30.5 Å². The third kappa shape index (κ3) is 3.56. The molecule has 0 radical (unpaired) electrons. The second-order valence-corrected chi connectivity index (χ2v) is 6.72. The number of methoxy groups -OCH3 is 1. The van der Waals surface area contributed by atoms with Crippen LogP contribution in [0.25, 0.3) is 17.0 Å². The van der Waals surface area contributed by atoms with Crippen LogP contribution in [0.5, 0.6) is 5.88 Å². The van der Waals surface area contributed by atoms with Gasteiger partial charge in [0.1, 0.15) is 0 Å². The summed E-state index contributed by atoms with van der Waals surface area (Å²) < 4.78 is 5.31. The van der Waals surface area contributed by atoms with Crippen LogP contribution in [0, 0.1) is 0 Å². The quantitative estimate of drug-likeness (QED) is 0.722. The zero-order chi connectivity index (χ0) is 18.6. The summed E-state index contributed by atoms with van der Waals surface area (Å²) in [4.78, 5) is 18.8. The van der Waals surface area contributed by atoms with Crippen molar-refractivity contribution in [1.29, 1.82) is 0 Å². The maximum Gasteiger partial charge on any atom is 0.246 e. The fourth-order valence-corrected chi connectivity index (χ4v) is 3.67. The number of hydrogen-bond donors (Lipinski definition) is 1. The average molecular weight is 362 g/mol. The lowest BCUT2D eigenvalue weighted by Gasteiger charge is -2.32. The Kier molecular flexibility index (Phi) is 4.87. The first-order chi connectivity index (χ1) is 13.3. The second kappa shape index (κ2) is 7.61. The number of carbonyl (C=O) groups excluding carboxylic acids is 1. The molecule has 1 fully saturated rings. The SMILES string of the molecule is COc1nccc2[nH]nc(C=CC(=O)N3CCCC(c4ccccc4)C3)c12. The number of benzene rings is 1. The number of pyridine rings is 1. The summed E-state index contributed by atoms with van der Waals surface area (Å²) in [6.45, 7) is 1.54. The van der Waals surface area contributed by atoms with Crippen LogP contribution >= 0.6 is 0 Å². The molecule has 1 amide bonds. The third-order valence-corrected chi connectivity index (χ3v) is 5.05. The van der Waals surface area contributed by atoms with E-state index in [2.05, 4.69) is 39.4 Å².